The Morgan fingerprint density at radius 2 is 1.65 bits per heavy atom. The molecule has 0 bridgehead atoms. The number of hydrogen-bond donors (Lipinski definition) is 1. The molecule has 1 atom stereocenters. The second-order valence-electron chi connectivity index (χ2n) is 8.50. The monoisotopic (exact) mass is 513 g/mol. The van der Waals surface area contributed by atoms with Gasteiger partial charge >= 0.3 is 6.36 Å². The standard InChI is InChI=1S/C26H22F3N3O5/c1-14(2)15-4-6-17(7-5-15)23(33)21-22(16-8-10-18(11-9-16)37-26(27,28)29)32(25(35)24(21)34)19-12-13-20(36-3)31-30-19/h4-14,22,34H,1-3H3. The number of benzene rings is 2. The lowest BCUT2D eigenvalue weighted by Crippen LogP contribution is -2.32. The lowest BCUT2D eigenvalue weighted by atomic mass is 9.91. The molecule has 1 unspecified atom stereocenters. The highest BCUT2D eigenvalue weighted by molar-refractivity contribution is 6.20. The van der Waals surface area contributed by atoms with Gasteiger partial charge in [0, 0.05) is 11.6 Å². The summed E-state index contributed by atoms with van der Waals surface area (Å²) in [6.07, 6.45) is -4.89. The zero-order valence-corrected chi connectivity index (χ0v) is 20.0. The van der Waals surface area contributed by atoms with Crippen molar-refractivity contribution in [3.05, 3.63) is 88.7 Å². The van der Waals surface area contributed by atoms with Crippen molar-refractivity contribution in [3.63, 3.8) is 0 Å². The van der Waals surface area contributed by atoms with E-state index >= 15 is 0 Å². The van der Waals surface area contributed by atoms with Crippen LogP contribution in [0.2, 0.25) is 0 Å². The van der Waals surface area contributed by atoms with Crippen LogP contribution in [-0.4, -0.2) is 40.5 Å². The lowest BCUT2D eigenvalue weighted by molar-refractivity contribution is -0.274. The maximum Gasteiger partial charge on any atom is 0.573 e. The van der Waals surface area contributed by atoms with Crippen LogP contribution in [0, 0.1) is 0 Å². The fourth-order valence-electron chi connectivity index (χ4n) is 3.97. The van der Waals surface area contributed by atoms with Crippen molar-refractivity contribution in [2.45, 2.75) is 32.2 Å². The molecule has 1 aromatic heterocycles. The van der Waals surface area contributed by atoms with Gasteiger partial charge in [0.1, 0.15) is 5.75 Å². The molecule has 2 heterocycles. The Kier molecular flexibility index (Phi) is 6.88. The predicted molar refractivity (Wildman–Crippen MR) is 126 cm³/mol. The summed E-state index contributed by atoms with van der Waals surface area (Å²) >= 11 is 0. The number of ketones is 1. The molecular formula is C26H22F3N3O5. The Morgan fingerprint density at radius 3 is 2.16 bits per heavy atom. The van der Waals surface area contributed by atoms with E-state index in [-0.39, 0.29) is 34.3 Å². The second kappa shape index (κ2) is 9.92. The molecule has 0 radical (unpaired) electrons. The third-order valence-corrected chi connectivity index (χ3v) is 5.80. The quantitative estimate of drug-likeness (QED) is 0.429. The van der Waals surface area contributed by atoms with E-state index in [0.29, 0.717) is 0 Å². The maximum atomic E-state index is 13.6. The Bertz CT molecular complexity index is 1340. The van der Waals surface area contributed by atoms with Crippen molar-refractivity contribution in [2.24, 2.45) is 0 Å². The summed E-state index contributed by atoms with van der Waals surface area (Å²) in [6, 6.07) is 13.0. The van der Waals surface area contributed by atoms with Crippen molar-refractivity contribution >= 4 is 17.5 Å². The van der Waals surface area contributed by atoms with E-state index < -0.39 is 35.6 Å². The molecule has 2 aromatic carbocycles. The molecule has 4 rings (SSSR count). The van der Waals surface area contributed by atoms with Gasteiger partial charge in [-0.2, -0.15) is 0 Å². The maximum absolute atomic E-state index is 13.6. The molecule has 0 aliphatic carbocycles. The highest BCUT2D eigenvalue weighted by Gasteiger charge is 2.45. The summed E-state index contributed by atoms with van der Waals surface area (Å²) in [6.45, 7) is 3.99. The van der Waals surface area contributed by atoms with Crippen molar-refractivity contribution in [3.8, 4) is 11.6 Å². The van der Waals surface area contributed by atoms with Crippen LogP contribution in [0.15, 0.2) is 72.0 Å². The Morgan fingerprint density at radius 1 is 1.00 bits per heavy atom. The molecule has 0 spiro atoms. The molecule has 1 N–H and O–H groups in total. The van der Waals surface area contributed by atoms with Crippen LogP contribution in [0.1, 0.15) is 47.3 Å². The SMILES string of the molecule is COc1ccc(N2C(=O)C(O)=C(C(=O)c3ccc(C(C)C)cc3)C2c2ccc(OC(F)(F)F)cc2)nn1. The highest BCUT2D eigenvalue weighted by Crippen LogP contribution is 2.42. The third kappa shape index (κ3) is 5.25. The fourth-order valence-corrected chi connectivity index (χ4v) is 3.97. The number of Topliss-reactive ketones (excluding diaryl/α,β-unsaturated/α-hetero) is 1. The first-order valence-corrected chi connectivity index (χ1v) is 11.1. The number of ether oxygens (including phenoxy) is 2. The number of methoxy groups -OCH3 is 1. The molecule has 192 valence electrons. The molecular weight excluding hydrogens is 491 g/mol. The van der Waals surface area contributed by atoms with Gasteiger partial charge < -0.3 is 14.6 Å². The molecule has 11 heteroatoms. The number of halogens is 3. The number of hydrogen-bond acceptors (Lipinski definition) is 7. The minimum atomic E-state index is -4.89. The largest absolute Gasteiger partial charge is 0.573 e. The van der Waals surface area contributed by atoms with Gasteiger partial charge in [0.15, 0.2) is 17.4 Å². The van der Waals surface area contributed by atoms with Crippen LogP contribution in [0.5, 0.6) is 11.6 Å². The zero-order chi connectivity index (χ0) is 26.9. The second-order valence-corrected chi connectivity index (χ2v) is 8.50. The normalized spacial score (nSPS) is 15.9. The molecule has 3 aromatic rings. The third-order valence-electron chi connectivity index (χ3n) is 5.80. The van der Waals surface area contributed by atoms with E-state index in [4.69, 9.17) is 4.74 Å². The predicted octanol–water partition coefficient (Wildman–Crippen LogP) is 5.29. The number of aliphatic hydroxyl groups excluding tert-OH is 1. The van der Waals surface area contributed by atoms with Gasteiger partial charge in [-0.25, -0.2) is 0 Å². The number of alkyl halides is 3. The van der Waals surface area contributed by atoms with E-state index in [1.54, 1.807) is 24.3 Å². The fraction of sp³-hybridized carbons (Fsp3) is 0.231. The average Bonchev–Trinajstić information content (AvgIpc) is 3.13. The summed E-state index contributed by atoms with van der Waals surface area (Å²) in [7, 11) is 1.38. The van der Waals surface area contributed by atoms with Gasteiger partial charge in [-0.3, -0.25) is 14.5 Å². The number of aliphatic hydroxyl groups is 1. The summed E-state index contributed by atoms with van der Waals surface area (Å²) in [5.74, 6) is -2.43. The lowest BCUT2D eigenvalue weighted by Gasteiger charge is -2.26. The van der Waals surface area contributed by atoms with E-state index in [1.807, 2.05) is 13.8 Å². The van der Waals surface area contributed by atoms with Crippen molar-refractivity contribution in [1.82, 2.24) is 10.2 Å². The van der Waals surface area contributed by atoms with Crippen molar-refractivity contribution in [1.29, 1.82) is 0 Å². The molecule has 8 nitrogen and oxygen atoms in total. The minimum Gasteiger partial charge on any atom is -0.503 e. The van der Waals surface area contributed by atoms with Gasteiger partial charge in [-0.05, 0) is 35.2 Å². The molecule has 0 saturated heterocycles. The van der Waals surface area contributed by atoms with Gasteiger partial charge in [0.05, 0.1) is 18.7 Å². The van der Waals surface area contributed by atoms with Crippen LogP contribution in [0.4, 0.5) is 19.0 Å². The number of aromatic nitrogens is 2. The molecule has 1 aliphatic rings. The van der Waals surface area contributed by atoms with E-state index in [2.05, 4.69) is 14.9 Å². The summed E-state index contributed by atoms with van der Waals surface area (Å²) in [4.78, 5) is 27.8. The zero-order valence-electron chi connectivity index (χ0n) is 20.0. The van der Waals surface area contributed by atoms with Gasteiger partial charge in [-0.15, -0.1) is 23.4 Å². The summed E-state index contributed by atoms with van der Waals surface area (Å²) in [5.41, 5.74) is 1.21. The molecule has 0 saturated carbocycles. The van der Waals surface area contributed by atoms with Gasteiger partial charge in [0.25, 0.3) is 5.91 Å². The molecule has 37 heavy (non-hydrogen) atoms. The number of carbonyl (C=O) groups is 2. The van der Waals surface area contributed by atoms with E-state index in [0.717, 1.165) is 22.6 Å². The number of amides is 1. The Hall–Kier alpha value is -4.41. The minimum absolute atomic E-state index is 0.00377. The molecule has 1 aliphatic heterocycles. The number of anilines is 1. The van der Waals surface area contributed by atoms with Crippen LogP contribution in [0.25, 0.3) is 0 Å². The highest BCUT2D eigenvalue weighted by atomic mass is 19.4. The first kappa shape index (κ1) is 25.7. The Labute approximate surface area is 210 Å². The first-order valence-electron chi connectivity index (χ1n) is 11.1. The van der Waals surface area contributed by atoms with Gasteiger partial charge in [0.2, 0.25) is 5.88 Å². The van der Waals surface area contributed by atoms with Crippen LogP contribution >= 0.6 is 0 Å². The number of nitrogens with zero attached hydrogens (tertiary/aromatic N) is 3. The van der Waals surface area contributed by atoms with E-state index in [1.165, 1.54) is 31.4 Å². The summed E-state index contributed by atoms with van der Waals surface area (Å²) < 4.78 is 46.8. The van der Waals surface area contributed by atoms with E-state index in [9.17, 15) is 27.9 Å². The average molecular weight is 513 g/mol. The van der Waals surface area contributed by atoms with Gasteiger partial charge in [-0.1, -0.05) is 50.2 Å². The molecule has 1 amide bonds. The van der Waals surface area contributed by atoms with Crippen molar-refractivity contribution < 1.29 is 37.3 Å². The Balaban J connectivity index is 1.79. The summed E-state index contributed by atoms with van der Waals surface area (Å²) in [5, 5.41) is 18.6. The molecule has 0 fully saturated rings. The van der Waals surface area contributed by atoms with Crippen LogP contribution < -0.4 is 14.4 Å². The number of carbonyl (C=O) groups excluding carboxylic acids is 2. The smallest absolute Gasteiger partial charge is 0.503 e. The topological polar surface area (TPSA) is 102 Å². The van der Waals surface area contributed by atoms with Crippen molar-refractivity contribution in [2.75, 3.05) is 12.0 Å². The van der Waals surface area contributed by atoms with Crippen LogP contribution in [0.3, 0.4) is 0 Å². The van der Waals surface area contributed by atoms with Crippen LogP contribution in [-0.2, 0) is 4.79 Å². The first-order chi connectivity index (χ1) is 17.5. The number of rotatable bonds is 7.